The molecule has 0 saturated heterocycles. The Morgan fingerprint density at radius 3 is 2.79 bits per heavy atom. The average molecular weight is 260 g/mol. The number of hydrogen-bond acceptors (Lipinski definition) is 3. The molecule has 2 aromatic rings. The van der Waals surface area contributed by atoms with Crippen LogP contribution < -0.4 is 10.1 Å². The first-order valence-corrected chi connectivity index (χ1v) is 5.96. The van der Waals surface area contributed by atoms with Gasteiger partial charge in [-0.05, 0) is 30.3 Å². The van der Waals surface area contributed by atoms with Crippen molar-refractivity contribution in [3.05, 3.63) is 48.3 Å². The number of nitrogens with zero attached hydrogens (tertiary/aromatic N) is 1. The van der Waals surface area contributed by atoms with Crippen LogP contribution in [0.25, 0.3) is 0 Å². The number of aromatic nitrogens is 1. The zero-order valence-corrected chi connectivity index (χ0v) is 10.7. The van der Waals surface area contributed by atoms with E-state index in [-0.39, 0.29) is 17.2 Å². The van der Waals surface area contributed by atoms with Crippen molar-refractivity contribution in [1.29, 1.82) is 0 Å². The second-order valence-corrected chi connectivity index (χ2v) is 4.06. The lowest BCUT2D eigenvalue weighted by molar-refractivity contribution is 0.0949. The van der Waals surface area contributed by atoms with E-state index in [1.165, 1.54) is 19.2 Å². The van der Waals surface area contributed by atoms with E-state index < -0.39 is 0 Å². The summed E-state index contributed by atoms with van der Waals surface area (Å²) >= 11 is 0. The number of rotatable bonds is 5. The third-order valence-electron chi connectivity index (χ3n) is 2.77. The van der Waals surface area contributed by atoms with Crippen LogP contribution in [0.1, 0.15) is 10.4 Å². The molecule has 1 heterocycles. The molecule has 5 heteroatoms. The molecule has 0 atom stereocenters. The van der Waals surface area contributed by atoms with Gasteiger partial charge in [0.25, 0.3) is 5.91 Å². The van der Waals surface area contributed by atoms with Crippen molar-refractivity contribution < 1.29 is 14.6 Å². The van der Waals surface area contributed by atoms with Crippen molar-refractivity contribution in [2.45, 2.75) is 6.54 Å². The highest BCUT2D eigenvalue weighted by molar-refractivity contribution is 5.97. The number of benzene rings is 1. The molecule has 0 aliphatic carbocycles. The minimum atomic E-state index is -0.316. The highest BCUT2D eigenvalue weighted by atomic mass is 16.5. The fraction of sp³-hybridized carbons (Fsp3) is 0.214. The normalized spacial score (nSPS) is 10.2. The van der Waals surface area contributed by atoms with Gasteiger partial charge in [0, 0.05) is 25.5 Å². The number of aromatic hydroxyl groups is 1. The zero-order valence-electron chi connectivity index (χ0n) is 10.7. The molecule has 0 bridgehead atoms. The van der Waals surface area contributed by atoms with Gasteiger partial charge in [0.1, 0.15) is 11.5 Å². The maximum atomic E-state index is 11.9. The van der Waals surface area contributed by atoms with Gasteiger partial charge < -0.3 is 19.7 Å². The molecule has 0 fully saturated rings. The van der Waals surface area contributed by atoms with Crippen molar-refractivity contribution in [3.63, 3.8) is 0 Å². The Kier molecular flexibility index (Phi) is 4.07. The van der Waals surface area contributed by atoms with Gasteiger partial charge in [-0.3, -0.25) is 4.79 Å². The molecule has 2 N–H and O–H groups in total. The summed E-state index contributed by atoms with van der Waals surface area (Å²) in [6.45, 7) is 1.17. The zero-order chi connectivity index (χ0) is 13.7. The minimum Gasteiger partial charge on any atom is -0.507 e. The van der Waals surface area contributed by atoms with Gasteiger partial charge in [0.15, 0.2) is 0 Å². The molecule has 0 aliphatic rings. The Balaban J connectivity index is 1.95. The Bertz CT molecular complexity index is 550. The lowest BCUT2D eigenvalue weighted by Gasteiger charge is -2.09. The molecule has 1 amide bonds. The van der Waals surface area contributed by atoms with Crippen molar-refractivity contribution in [1.82, 2.24) is 9.88 Å². The van der Waals surface area contributed by atoms with Crippen LogP contribution in [0.2, 0.25) is 0 Å². The topological polar surface area (TPSA) is 63.5 Å². The average Bonchev–Trinajstić information content (AvgIpc) is 2.92. The lowest BCUT2D eigenvalue weighted by Crippen LogP contribution is -2.27. The van der Waals surface area contributed by atoms with E-state index in [4.69, 9.17) is 4.74 Å². The van der Waals surface area contributed by atoms with E-state index >= 15 is 0 Å². The maximum absolute atomic E-state index is 11.9. The van der Waals surface area contributed by atoms with E-state index in [1.54, 1.807) is 6.07 Å². The Hall–Kier alpha value is -2.43. The molecule has 0 radical (unpaired) electrons. The first-order chi connectivity index (χ1) is 9.20. The molecule has 1 aromatic heterocycles. The number of carbonyl (C=O) groups excluding carboxylic acids is 1. The van der Waals surface area contributed by atoms with E-state index in [2.05, 4.69) is 5.32 Å². The predicted molar refractivity (Wildman–Crippen MR) is 71.4 cm³/mol. The Morgan fingerprint density at radius 2 is 2.11 bits per heavy atom. The van der Waals surface area contributed by atoms with Crippen LogP contribution in [0.5, 0.6) is 11.5 Å². The Labute approximate surface area is 111 Å². The minimum absolute atomic E-state index is 0.0562. The number of phenols is 1. The van der Waals surface area contributed by atoms with Gasteiger partial charge in [0.05, 0.1) is 12.7 Å². The SMILES string of the molecule is COc1ccc(O)c(C(=O)NCCn2cccc2)c1. The number of hydrogen-bond donors (Lipinski definition) is 2. The number of amides is 1. The monoisotopic (exact) mass is 260 g/mol. The number of methoxy groups -OCH3 is 1. The maximum Gasteiger partial charge on any atom is 0.255 e. The lowest BCUT2D eigenvalue weighted by atomic mass is 10.1. The molecule has 0 spiro atoms. The van der Waals surface area contributed by atoms with E-state index in [9.17, 15) is 9.90 Å². The fourth-order valence-electron chi connectivity index (χ4n) is 1.74. The summed E-state index contributed by atoms with van der Waals surface area (Å²) in [5.41, 5.74) is 0.215. The van der Waals surface area contributed by atoms with E-state index in [0.29, 0.717) is 18.8 Å². The summed E-state index contributed by atoms with van der Waals surface area (Å²) in [6.07, 6.45) is 3.85. The van der Waals surface area contributed by atoms with Crippen LogP contribution in [0.15, 0.2) is 42.7 Å². The first kappa shape index (κ1) is 13.0. The highest BCUT2D eigenvalue weighted by Crippen LogP contribution is 2.22. The van der Waals surface area contributed by atoms with Crippen LogP contribution in [-0.2, 0) is 6.54 Å². The molecular weight excluding hydrogens is 244 g/mol. The van der Waals surface area contributed by atoms with Gasteiger partial charge in [-0.2, -0.15) is 0 Å². The molecule has 100 valence electrons. The molecular formula is C14H16N2O3. The van der Waals surface area contributed by atoms with E-state index in [0.717, 1.165) is 0 Å². The van der Waals surface area contributed by atoms with Crippen molar-refractivity contribution in [3.8, 4) is 11.5 Å². The highest BCUT2D eigenvalue weighted by Gasteiger charge is 2.11. The second kappa shape index (κ2) is 5.95. The summed E-state index contributed by atoms with van der Waals surface area (Å²) in [6, 6.07) is 8.41. The van der Waals surface area contributed by atoms with Crippen molar-refractivity contribution >= 4 is 5.91 Å². The van der Waals surface area contributed by atoms with Crippen LogP contribution in [0, 0.1) is 0 Å². The number of nitrogens with one attached hydrogen (secondary N) is 1. The molecule has 0 unspecified atom stereocenters. The summed E-state index contributed by atoms with van der Waals surface area (Å²) in [5, 5.41) is 12.4. The van der Waals surface area contributed by atoms with E-state index in [1.807, 2.05) is 29.1 Å². The summed E-state index contributed by atoms with van der Waals surface area (Å²) in [4.78, 5) is 11.9. The van der Waals surface area contributed by atoms with Gasteiger partial charge in [0.2, 0.25) is 0 Å². The summed E-state index contributed by atoms with van der Waals surface area (Å²) in [5.74, 6) is 0.163. The van der Waals surface area contributed by atoms with Crippen molar-refractivity contribution in [2.75, 3.05) is 13.7 Å². The molecule has 0 aliphatic heterocycles. The van der Waals surface area contributed by atoms with Gasteiger partial charge in [-0.1, -0.05) is 0 Å². The third kappa shape index (κ3) is 3.28. The van der Waals surface area contributed by atoms with Crippen LogP contribution in [-0.4, -0.2) is 29.2 Å². The smallest absolute Gasteiger partial charge is 0.255 e. The van der Waals surface area contributed by atoms with Crippen LogP contribution >= 0.6 is 0 Å². The van der Waals surface area contributed by atoms with Crippen LogP contribution in [0.3, 0.4) is 0 Å². The third-order valence-corrected chi connectivity index (χ3v) is 2.77. The second-order valence-electron chi connectivity index (χ2n) is 4.06. The van der Waals surface area contributed by atoms with Gasteiger partial charge in [-0.15, -0.1) is 0 Å². The molecule has 19 heavy (non-hydrogen) atoms. The Morgan fingerprint density at radius 1 is 1.37 bits per heavy atom. The number of phenolic OH excluding ortho intramolecular Hbond substituents is 1. The quantitative estimate of drug-likeness (QED) is 0.859. The van der Waals surface area contributed by atoms with Crippen molar-refractivity contribution in [2.24, 2.45) is 0 Å². The number of ether oxygens (including phenoxy) is 1. The summed E-state index contributed by atoms with van der Waals surface area (Å²) in [7, 11) is 1.51. The summed E-state index contributed by atoms with van der Waals surface area (Å²) < 4.78 is 6.99. The first-order valence-electron chi connectivity index (χ1n) is 5.96. The van der Waals surface area contributed by atoms with Gasteiger partial charge >= 0.3 is 0 Å². The molecule has 1 aromatic carbocycles. The molecule has 5 nitrogen and oxygen atoms in total. The fourth-order valence-corrected chi connectivity index (χ4v) is 1.74. The van der Waals surface area contributed by atoms with Gasteiger partial charge in [-0.25, -0.2) is 0 Å². The largest absolute Gasteiger partial charge is 0.507 e. The predicted octanol–water partition coefficient (Wildman–Crippen LogP) is 1.63. The standard InChI is InChI=1S/C14H16N2O3/c1-19-11-4-5-13(17)12(10-11)14(18)15-6-9-16-7-2-3-8-16/h2-5,7-8,10,17H,6,9H2,1H3,(H,15,18). The van der Waals surface area contributed by atoms with Crippen LogP contribution in [0.4, 0.5) is 0 Å². The molecule has 0 saturated carbocycles. The number of carbonyl (C=O) groups is 1. The molecule has 2 rings (SSSR count).